The van der Waals surface area contributed by atoms with Crippen LogP contribution in [0.3, 0.4) is 0 Å². The van der Waals surface area contributed by atoms with Crippen molar-refractivity contribution in [1.29, 1.82) is 0 Å². The SMILES string of the molecule is C=C1CC2C(CCc3cc4c(cc3-c3cccc[n+]31)c1cc(-c3c(C)cc(C)cc3C)cc3c5ccc6oc7ccccc7c6c5n4c13)c1ccccc1-c1cccc[n+]12. The van der Waals surface area contributed by atoms with E-state index in [0.717, 1.165) is 41.5 Å². The van der Waals surface area contributed by atoms with Gasteiger partial charge in [-0.2, -0.15) is 9.13 Å². The lowest BCUT2D eigenvalue weighted by atomic mass is 9.77. The fourth-order valence-electron chi connectivity index (χ4n) is 11.8. The molecule has 0 N–H and O–H groups in total. The Morgan fingerprint density at radius 1 is 0.633 bits per heavy atom. The molecule has 2 atom stereocenters. The van der Waals surface area contributed by atoms with Gasteiger partial charge in [0.1, 0.15) is 11.2 Å². The van der Waals surface area contributed by atoms with E-state index in [9.17, 15) is 0 Å². The van der Waals surface area contributed by atoms with Crippen LogP contribution in [0.4, 0.5) is 0 Å². The van der Waals surface area contributed by atoms with E-state index in [1.54, 1.807) is 0 Å². The number of furan rings is 1. The van der Waals surface area contributed by atoms with Crippen LogP contribution in [0.2, 0.25) is 0 Å². The summed E-state index contributed by atoms with van der Waals surface area (Å²) in [6.45, 7) is 11.6. The zero-order valence-corrected chi connectivity index (χ0v) is 34.1. The molecule has 7 heterocycles. The highest BCUT2D eigenvalue weighted by atomic mass is 16.3. The van der Waals surface area contributed by atoms with Crippen molar-refractivity contribution in [3.05, 3.63) is 180 Å². The first-order valence-electron chi connectivity index (χ1n) is 21.4. The molecule has 5 aromatic heterocycles. The number of benzene rings is 6. The van der Waals surface area contributed by atoms with Gasteiger partial charge in [0.05, 0.1) is 33.9 Å². The summed E-state index contributed by atoms with van der Waals surface area (Å²) < 4.78 is 14.1. The Bertz CT molecular complexity index is 3630. The Morgan fingerprint density at radius 2 is 1.38 bits per heavy atom. The molecule has 286 valence electrons. The van der Waals surface area contributed by atoms with Crippen molar-refractivity contribution in [3.8, 4) is 33.6 Å². The standard InChI is InChI=1S/C56H43N3O/c1-32-25-33(2)53(34(3)26-32)37-28-45-41-21-22-52-54(42-15-7-8-18-51(42)60-52)56(41)59-50-30-36-19-20-40-38-13-5-6-14-39(38)47-16-10-12-24-58(47)49(40)27-35(4)57-23-11-9-17-48(57)43(36)31-44(50)46(29-37)55(45)59/h5-18,21-26,28-31,40,49H,4,19-20,27H2,1-3H3/q+2. The minimum absolute atomic E-state index is 0.243. The number of aryl methyl sites for hydroxylation is 4. The van der Waals surface area contributed by atoms with Gasteiger partial charge in [-0.25, -0.2) is 0 Å². The summed E-state index contributed by atoms with van der Waals surface area (Å²) in [5.74, 6) is 0.321. The Morgan fingerprint density at radius 3 is 2.25 bits per heavy atom. The fraction of sp³-hybridized carbons (Fsp3) is 0.143. The zero-order chi connectivity index (χ0) is 40.0. The molecule has 2 aliphatic heterocycles. The first kappa shape index (κ1) is 33.9. The topological polar surface area (TPSA) is 25.3 Å². The Labute approximate surface area is 348 Å². The molecule has 0 fully saturated rings. The molecule has 0 aliphatic carbocycles. The van der Waals surface area contributed by atoms with Crippen LogP contribution in [0, 0.1) is 20.8 Å². The number of para-hydroxylation sites is 1. The van der Waals surface area contributed by atoms with Crippen LogP contribution >= 0.6 is 0 Å². The van der Waals surface area contributed by atoms with Crippen LogP contribution in [0.25, 0.3) is 99.4 Å². The van der Waals surface area contributed by atoms with Gasteiger partial charge >= 0.3 is 0 Å². The maximum Gasteiger partial charge on any atom is 0.218 e. The van der Waals surface area contributed by atoms with Crippen LogP contribution in [-0.4, -0.2) is 4.40 Å². The van der Waals surface area contributed by atoms with E-state index < -0.39 is 0 Å². The van der Waals surface area contributed by atoms with Crippen molar-refractivity contribution >= 4 is 65.7 Å². The maximum atomic E-state index is 6.57. The third-order valence-electron chi connectivity index (χ3n) is 14.1. The van der Waals surface area contributed by atoms with Gasteiger partial charge < -0.3 is 8.82 Å². The van der Waals surface area contributed by atoms with E-state index in [1.807, 2.05) is 0 Å². The highest BCUT2D eigenvalue weighted by Gasteiger charge is 2.42. The second-order valence-electron chi connectivity index (χ2n) is 17.5. The first-order valence-corrected chi connectivity index (χ1v) is 21.4. The summed E-state index contributed by atoms with van der Waals surface area (Å²) in [4.78, 5) is 0. The minimum atomic E-state index is 0.243. The number of hydrogen-bond acceptors (Lipinski definition) is 1. The molecule has 4 heteroatoms. The van der Waals surface area contributed by atoms with Gasteiger partial charge in [0.15, 0.2) is 24.1 Å². The Kier molecular flexibility index (Phi) is 6.92. The van der Waals surface area contributed by atoms with E-state index in [1.165, 1.54) is 105 Å². The van der Waals surface area contributed by atoms with E-state index in [0.29, 0.717) is 5.92 Å². The monoisotopic (exact) mass is 773 g/mol. The average molecular weight is 774 g/mol. The molecule has 0 bridgehead atoms. The number of nitrogens with zero attached hydrogens (tertiary/aromatic N) is 3. The van der Waals surface area contributed by atoms with E-state index >= 15 is 0 Å². The molecule has 0 radical (unpaired) electrons. The maximum absolute atomic E-state index is 6.57. The third-order valence-corrected chi connectivity index (χ3v) is 14.1. The van der Waals surface area contributed by atoms with E-state index in [4.69, 9.17) is 11.0 Å². The van der Waals surface area contributed by atoms with Crippen LogP contribution in [-0.2, 0) is 6.42 Å². The van der Waals surface area contributed by atoms with Crippen molar-refractivity contribution in [2.24, 2.45) is 0 Å². The van der Waals surface area contributed by atoms with Crippen molar-refractivity contribution in [1.82, 2.24) is 4.40 Å². The summed E-state index contributed by atoms with van der Waals surface area (Å²) >= 11 is 0. The number of pyridine rings is 2. The number of aromatic nitrogens is 3. The van der Waals surface area contributed by atoms with Crippen molar-refractivity contribution in [3.63, 3.8) is 0 Å². The van der Waals surface area contributed by atoms with E-state index in [2.05, 4.69) is 180 Å². The lowest BCUT2D eigenvalue weighted by Gasteiger charge is -2.31. The highest BCUT2D eigenvalue weighted by molar-refractivity contribution is 6.31. The fourth-order valence-corrected chi connectivity index (χ4v) is 11.8. The molecule has 0 saturated heterocycles. The zero-order valence-electron chi connectivity index (χ0n) is 34.1. The largest absolute Gasteiger partial charge is 0.456 e. The summed E-state index contributed by atoms with van der Waals surface area (Å²) in [5.41, 5.74) is 21.1. The van der Waals surface area contributed by atoms with Gasteiger partial charge in [0, 0.05) is 62.7 Å². The van der Waals surface area contributed by atoms with Crippen molar-refractivity contribution in [2.45, 2.75) is 52.0 Å². The summed E-state index contributed by atoms with van der Waals surface area (Å²) in [5, 5.41) is 7.42. The molecular formula is C56H43N3O+2. The number of hydrogen-bond donors (Lipinski definition) is 0. The minimum Gasteiger partial charge on any atom is -0.456 e. The molecule has 0 saturated carbocycles. The molecule has 0 amide bonds. The van der Waals surface area contributed by atoms with Crippen LogP contribution < -0.4 is 9.13 Å². The molecule has 4 nitrogen and oxygen atoms in total. The number of rotatable bonds is 1. The van der Waals surface area contributed by atoms with Crippen molar-refractivity contribution in [2.75, 3.05) is 0 Å². The average Bonchev–Trinajstić information content (AvgIpc) is 3.91. The van der Waals surface area contributed by atoms with E-state index in [-0.39, 0.29) is 6.04 Å². The summed E-state index contributed by atoms with van der Waals surface area (Å²) in [7, 11) is 0. The Balaban J connectivity index is 1.14. The second kappa shape index (κ2) is 12.2. The van der Waals surface area contributed by atoms with Gasteiger partial charge in [-0.1, -0.05) is 54.1 Å². The Hall–Kier alpha value is -7.04. The molecule has 60 heavy (non-hydrogen) atoms. The molecule has 11 aromatic rings. The molecule has 2 unspecified atom stereocenters. The summed E-state index contributed by atoms with van der Waals surface area (Å²) in [6.07, 6.45) is 7.33. The van der Waals surface area contributed by atoms with Crippen molar-refractivity contribution < 1.29 is 13.6 Å². The quantitative estimate of drug-likeness (QED) is 0.153. The third kappa shape index (κ3) is 4.56. The normalized spacial score (nSPS) is 16.4. The van der Waals surface area contributed by atoms with Gasteiger partial charge in [-0.05, 0) is 134 Å². The second-order valence-corrected chi connectivity index (χ2v) is 17.5. The lowest BCUT2D eigenvalue weighted by Crippen LogP contribution is -2.49. The van der Waals surface area contributed by atoms with Gasteiger partial charge in [0.2, 0.25) is 11.4 Å². The first-order chi connectivity index (χ1) is 29.4. The van der Waals surface area contributed by atoms with Gasteiger partial charge in [-0.3, -0.25) is 0 Å². The summed E-state index contributed by atoms with van der Waals surface area (Å²) in [6, 6.07) is 50.2. The lowest BCUT2D eigenvalue weighted by molar-refractivity contribution is -0.720. The molecule has 6 aromatic carbocycles. The highest BCUT2D eigenvalue weighted by Crippen LogP contribution is 2.49. The van der Waals surface area contributed by atoms with Crippen LogP contribution in [0.15, 0.2) is 157 Å². The predicted octanol–water partition coefficient (Wildman–Crippen LogP) is 13.4. The molecule has 2 aliphatic rings. The smallest absolute Gasteiger partial charge is 0.218 e. The molecule has 13 rings (SSSR count). The number of allylic oxidation sites excluding steroid dienone is 1. The molecular weight excluding hydrogens is 731 g/mol. The van der Waals surface area contributed by atoms with Gasteiger partial charge in [-0.15, -0.1) is 0 Å². The molecule has 0 spiro atoms. The van der Waals surface area contributed by atoms with Crippen LogP contribution in [0.5, 0.6) is 0 Å². The van der Waals surface area contributed by atoms with Crippen LogP contribution in [0.1, 0.15) is 52.6 Å². The predicted molar refractivity (Wildman–Crippen MR) is 246 cm³/mol. The number of fused-ring (bicyclic) bond motifs is 19. The van der Waals surface area contributed by atoms with Gasteiger partial charge in [0.25, 0.3) is 0 Å².